The highest BCUT2D eigenvalue weighted by molar-refractivity contribution is 5.88. The van der Waals surface area contributed by atoms with Crippen molar-refractivity contribution in [1.29, 1.82) is 0 Å². The molecule has 1 N–H and O–H groups in total. The third-order valence-corrected chi connectivity index (χ3v) is 4.39. The second kappa shape index (κ2) is 5.64. The predicted octanol–water partition coefficient (Wildman–Crippen LogP) is 3.71. The third kappa shape index (κ3) is 2.91. The summed E-state index contributed by atoms with van der Waals surface area (Å²) in [5.41, 5.74) is 2.57. The number of nitrogens with zero attached hydrogens (tertiary/aromatic N) is 1. The van der Waals surface area contributed by atoms with Crippen molar-refractivity contribution >= 4 is 11.7 Å². The number of carboxylic acid groups (broad SMARTS) is 1. The van der Waals surface area contributed by atoms with Crippen molar-refractivity contribution < 1.29 is 9.90 Å². The van der Waals surface area contributed by atoms with Crippen LogP contribution in [-0.2, 0) is 0 Å². The van der Waals surface area contributed by atoms with Crippen LogP contribution < -0.4 is 4.90 Å². The molecule has 0 aliphatic heterocycles. The molecule has 1 saturated carbocycles. The molecule has 2 unspecified atom stereocenters. The molecule has 0 bridgehead atoms. The van der Waals surface area contributed by atoms with Gasteiger partial charge in [-0.05, 0) is 49.4 Å². The Kier molecular flexibility index (Phi) is 4.13. The monoisotopic (exact) mass is 261 g/mol. The van der Waals surface area contributed by atoms with Gasteiger partial charge in [0.25, 0.3) is 0 Å². The van der Waals surface area contributed by atoms with Gasteiger partial charge in [0.2, 0.25) is 0 Å². The zero-order valence-electron chi connectivity index (χ0n) is 12.0. The third-order valence-electron chi connectivity index (χ3n) is 4.39. The molecule has 1 aromatic carbocycles. The molecule has 0 spiro atoms. The number of aryl methyl sites for hydroxylation is 1. The lowest BCUT2D eigenvalue weighted by Gasteiger charge is -2.38. The Labute approximate surface area is 115 Å². The van der Waals surface area contributed by atoms with Gasteiger partial charge in [-0.3, -0.25) is 0 Å². The van der Waals surface area contributed by atoms with Gasteiger partial charge >= 0.3 is 5.97 Å². The highest BCUT2D eigenvalue weighted by atomic mass is 16.4. The molecule has 2 atom stereocenters. The Morgan fingerprint density at radius 2 is 2.00 bits per heavy atom. The molecule has 0 radical (unpaired) electrons. The minimum Gasteiger partial charge on any atom is -0.478 e. The van der Waals surface area contributed by atoms with Crippen molar-refractivity contribution in [1.82, 2.24) is 0 Å². The topological polar surface area (TPSA) is 40.5 Å². The van der Waals surface area contributed by atoms with Gasteiger partial charge in [-0.1, -0.05) is 19.8 Å². The van der Waals surface area contributed by atoms with E-state index in [2.05, 4.69) is 18.9 Å². The molecule has 1 aromatic rings. The van der Waals surface area contributed by atoms with Crippen LogP contribution in [0.5, 0.6) is 0 Å². The summed E-state index contributed by atoms with van der Waals surface area (Å²) in [6, 6.07) is 5.99. The molecule has 3 heteroatoms. The van der Waals surface area contributed by atoms with E-state index in [1.54, 1.807) is 12.1 Å². The van der Waals surface area contributed by atoms with Crippen LogP contribution in [-0.4, -0.2) is 24.2 Å². The first-order valence-corrected chi connectivity index (χ1v) is 7.07. The van der Waals surface area contributed by atoms with Crippen molar-refractivity contribution in [2.24, 2.45) is 5.92 Å². The fourth-order valence-electron chi connectivity index (χ4n) is 3.23. The Morgan fingerprint density at radius 3 is 2.58 bits per heavy atom. The van der Waals surface area contributed by atoms with Gasteiger partial charge in [-0.2, -0.15) is 0 Å². The standard InChI is InChI=1S/C16H23NO2/c1-11-6-4-5-7-14(11)17(3)15-9-8-13(16(18)19)10-12(15)2/h8-11,14H,4-7H2,1-3H3,(H,18,19). The van der Waals surface area contributed by atoms with E-state index in [0.29, 0.717) is 17.5 Å². The molecule has 0 heterocycles. The van der Waals surface area contributed by atoms with Crippen molar-refractivity contribution in [3.8, 4) is 0 Å². The molecule has 0 amide bonds. The molecular formula is C16H23NO2. The highest BCUT2D eigenvalue weighted by Gasteiger charge is 2.25. The van der Waals surface area contributed by atoms with E-state index in [9.17, 15) is 4.79 Å². The Hall–Kier alpha value is -1.51. The Balaban J connectivity index is 2.23. The van der Waals surface area contributed by atoms with E-state index in [1.165, 1.54) is 25.7 Å². The summed E-state index contributed by atoms with van der Waals surface area (Å²) >= 11 is 0. The summed E-state index contributed by atoms with van der Waals surface area (Å²) in [6.45, 7) is 4.31. The molecule has 1 aliphatic carbocycles. The maximum Gasteiger partial charge on any atom is 0.335 e. The van der Waals surface area contributed by atoms with Crippen LogP contribution >= 0.6 is 0 Å². The van der Waals surface area contributed by atoms with E-state index in [4.69, 9.17) is 5.11 Å². The molecule has 0 saturated heterocycles. The average molecular weight is 261 g/mol. The highest BCUT2D eigenvalue weighted by Crippen LogP contribution is 2.32. The first kappa shape index (κ1) is 13.9. The molecule has 0 aromatic heterocycles. The van der Waals surface area contributed by atoms with Crippen LogP contribution in [0.2, 0.25) is 0 Å². The predicted molar refractivity (Wildman–Crippen MR) is 78.0 cm³/mol. The number of hydrogen-bond donors (Lipinski definition) is 1. The number of rotatable bonds is 3. The normalized spacial score (nSPS) is 23.1. The summed E-state index contributed by atoms with van der Waals surface area (Å²) in [5, 5.41) is 9.02. The lowest BCUT2D eigenvalue weighted by atomic mass is 9.84. The maximum atomic E-state index is 11.0. The second-order valence-corrected chi connectivity index (χ2v) is 5.75. The first-order chi connectivity index (χ1) is 9.00. The maximum absolute atomic E-state index is 11.0. The van der Waals surface area contributed by atoms with Gasteiger partial charge in [0.15, 0.2) is 0 Å². The van der Waals surface area contributed by atoms with Crippen LogP contribution in [0, 0.1) is 12.8 Å². The van der Waals surface area contributed by atoms with E-state index in [1.807, 2.05) is 13.0 Å². The van der Waals surface area contributed by atoms with Crippen LogP contribution in [0.1, 0.15) is 48.5 Å². The lowest BCUT2D eigenvalue weighted by Crippen LogP contribution is -2.39. The average Bonchev–Trinajstić information content (AvgIpc) is 2.38. The fraction of sp³-hybridized carbons (Fsp3) is 0.562. The van der Waals surface area contributed by atoms with Gasteiger partial charge < -0.3 is 10.0 Å². The number of aromatic carboxylic acids is 1. The Bertz CT molecular complexity index is 470. The second-order valence-electron chi connectivity index (χ2n) is 5.75. The van der Waals surface area contributed by atoms with Crippen LogP contribution in [0.15, 0.2) is 18.2 Å². The molecule has 19 heavy (non-hydrogen) atoms. The van der Waals surface area contributed by atoms with Crippen LogP contribution in [0.25, 0.3) is 0 Å². The number of hydrogen-bond acceptors (Lipinski definition) is 2. The van der Waals surface area contributed by atoms with Gasteiger partial charge in [0.05, 0.1) is 5.56 Å². The Morgan fingerprint density at radius 1 is 1.32 bits per heavy atom. The molecule has 3 nitrogen and oxygen atoms in total. The minimum absolute atomic E-state index is 0.367. The van der Waals surface area contributed by atoms with E-state index in [0.717, 1.165) is 11.3 Å². The zero-order chi connectivity index (χ0) is 14.0. The molecule has 1 aliphatic rings. The van der Waals surface area contributed by atoms with E-state index < -0.39 is 5.97 Å². The number of anilines is 1. The smallest absolute Gasteiger partial charge is 0.335 e. The van der Waals surface area contributed by atoms with Crippen molar-refractivity contribution in [3.63, 3.8) is 0 Å². The summed E-state index contributed by atoms with van der Waals surface area (Å²) in [5.74, 6) is -0.152. The quantitative estimate of drug-likeness (QED) is 0.901. The molecule has 104 valence electrons. The molecule has 1 fully saturated rings. The van der Waals surface area contributed by atoms with Gasteiger partial charge in [-0.25, -0.2) is 4.79 Å². The first-order valence-electron chi connectivity index (χ1n) is 7.07. The summed E-state index contributed by atoms with van der Waals surface area (Å²) in [4.78, 5) is 13.3. The van der Waals surface area contributed by atoms with Gasteiger partial charge in [0.1, 0.15) is 0 Å². The summed E-state index contributed by atoms with van der Waals surface area (Å²) < 4.78 is 0. The van der Waals surface area contributed by atoms with Gasteiger partial charge in [0, 0.05) is 18.8 Å². The van der Waals surface area contributed by atoms with Crippen molar-refractivity contribution in [3.05, 3.63) is 29.3 Å². The largest absolute Gasteiger partial charge is 0.478 e. The van der Waals surface area contributed by atoms with Crippen molar-refractivity contribution in [2.75, 3.05) is 11.9 Å². The summed E-state index contributed by atoms with van der Waals surface area (Å²) in [6.07, 6.45) is 5.16. The zero-order valence-corrected chi connectivity index (χ0v) is 12.0. The number of carbonyl (C=O) groups is 1. The number of benzene rings is 1. The number of carboxylic acids is 1. The summed E-state index contributed by atoms with van der Waals surface area (Å²) in [7, 11) is 2.13. The van der Waals surface area contributed by atoms with E-state index in [-0.39, 0.29) is 0 Å². The van der Waals surface area contributed by atoms with E-state index >= 15 is 0 Å². The van der Waals surface area contributed by atoms with Crippen LogP contribution in [0.3, 0.4) is 0 Å². The SMILES string of the molecule is Cc1cc(C(=O)O)ccc1N(C)C1CCCCC1C. The fourth-order valence-corrected chi connectivity index (χ4v) is 3.23. The van der Waals surface area contributed by atoms with Crippen LogP contribution in [0.4, 0.5) is 5.69 Å². The molecule has 2 rings (SSSR count). The minimum atomic E-state index is -0.858. The molecular weight excluding hydrogens is 238 g/mol. The van der Waals surface area contributed by atoms with Crippen molar-refractivity contribution in [2.45, 2.75) is 45.6 Å². The lowest BCUT2D eigenvalue weighted by molar-refractivity contribution is 0.0697. The van der Waals surface area contributed by atoms with Gasteiger partial charge in [-0.15, -0.1) is 0 Å².